The van der Waals surface area contributed by atoms with Gasteiger partial charge in [-0.25, -0.2) is 0 Å². The summed E-state index contributed by atoms with van der Waals surface area (Å²) in [5.41, 5.74) is 2.03. The minimum absolute atomic E-state index is 0.0401. The molecule has 2 rings (SSSR count). The third-order valence-corrected chi connectivity index (χ3v) is 2.23. The van der Waals surface area contributed by atoms with Gasteiger partial charge in [-0.15, -0.1) is 0 Å². The second-order valence-electron chi connectivity index (χ2n) is 3.46. The summed E-state index contributed by atoms with van der Waals surface area (Å²) in [5.74, 6) is 0.909. The Morgan fingerprint density at radius 3 is 2.81 bits per heavy atom. The molecular formula is C13H19NO2. The van der Waals surface area contributed by atoms with Gasteiger partial charge in [0.05, 0.1) is 6.61 Å². The van der Waals surface area contributed by atoms with Crippen LogP contribution in [0.15, 0.2) is 18.2 Å². The summed E-state index contributed by atoms with van der Waals surface area (Å²) in [6.45, 7) is 6.31. The van der Waals surface area contributed by atoms with Crippen LogP contribution in [0.3, 0.4) is 0 Å². The fraction of sp³-hybridized carbons (Fsp3) is 0.462. The molecule has 0 saturated carbocycles. The maximum Gasteiger partial charge on any atom is 0.221 e. The van der Waals surface area contributed by atoms with E-state index in [1.165, 1.54) is 12.5 Å². The summed E-state index contributed by atoms with van der Waals surface area (Å²) in [5, 5.41) is 2.76. The topological polar surface area (TPSA) is 38.3 Å². The van der Waals surface area contributed by atoms with Crippen molar-refractivity contribution >= 4 is 11.6 Å². The molecule has 0 aromatic heterocycles. The smallest absolute Gasteiger partial charge is 0.221 e. The van der Waals surface area contributed by atoms with Crippen LogP contribution in [0.25, 0.3) is 0 Å². The van der Waals surface area contributed by atoms with E-state index in [2.05, 4.69) is 5.32 Å². The number of fused-ring (bicyclic) bond motifs is 1. The molecule has 1 aliphatic heterocycles. The molecule has 0 aliphatic carbocycles. The molecule has 1 N–H and O–H groups in total. The summed E-state index contributed by atoms with van der Waals surface area (Å²) < 4.78 is 5.47. The zero-order valence-electron chi connectivity index (χ0n) is 10.2. The Morgan fingerprint density at radius 1 is 1.38 bits per heavy atom. The third-order valence-electron chi connectivity index (χ3n) is 2.23. The van der Waals surface area contributed by atoms with E-state index in [9.17, 15) is 4.79 Å². The highest BCUT2D eigenvalue weighted by Gasteiger charge is 2.10. The van der Waals surface area contributed by atoms with Crippen molar-refractivity contribution in [3.63, 3.8) is 0 Å². The number of aryl methyl sites for hydroxylation is 1. The van der Waals surface area contributed by atoms with Crippen molar-refractivity contribution in [2.45, 2.75) is 33.6 Å². The highest BCUT2D eigenvalue weighted by atomic mass is 16.5. The Balaban J connectivity index is 0.000000606. The second-order valence-corrected chi connectivity index (χ2v) is 3.46. The Bertz CT molecular complexity index is 361. The predicted molar refractivity (Wildman–Crippen MR) is 65.9 cm³/mol. The molecule has 1 aromatic rings. The number of anilines is 1. The Hall–Kier alpha value is -1.51. The molecule has 1 heterocycles. The van der Waals surface area contributed by atoms with Crippen molar-refractivity contribution < 1.29 is 9.53 Å². The lowest BCUT2D eigenvalue weighted by Crippen LogP contribution is -2.10. The zero-order chi connectivity index (χ0) is 12.0. The average molecular weight is 221 g/mol. The van der Waals surface area contributed by atoms with Gasteiger partial charge in [0.2, 0.25) is 5.91 Å². The molecule has 1 amide bonds. The van der Waals surface area contributed by atoms with Crippen LogP contribution in [-0.4, -0.2) is 12.5 Å². The molecule has 1 aliphatic rings. The van der Waals surface area contributed by atoms with Gasteiger partial charge >= 0.3 is 0 Å². The number of hydrogen-bond donors (Lipinski definition) is 1. The molecule has 3 nitrogen and oxygen atoms in total. The Kier molecular flexibility index (Phi) is 4.83. The number of ether oxygens (including phenoxy) is 1. The fourth-order valence-electron chi connectivity index (χ4n) is 1.64. The van der Waals surface area contributed by atoms with Gasteiger partial charge in [-0.2, -0.15) is 0 Å². The van der Waals surface area contributed by atoms with E-state index in [0.29, 0.717) is 0 Å². The minimum Gasteiger partial charge on any atom is -0.493 e. The zero-order valence-corrected chi connectivity index (χ0v) is 10.2. The van der Waals surface area contributed by atoms with Gasteiger partial charge in [0.25, 0.3) is 0 Å². The van der Waals surface area contributed by atoms with Crippen LogP contribution in [0.1, 0.15) is 32.8 Å². The number of benzene rings is 1. The average Bonchev–Trinajstić information content (AvgIpc) is 2.31. The van der Waals surface area contributed by atoms with E-state index in [1.54, 1.807) is 0 Å². The highest BCUT2D eigenvalue weighted by Crippen LogP contribution is 2.27. The van der Waals surface area contributed by atoms with E-state index in [-0.39, 0.29) is 5.91 Å². The minimum atomic E-state index is -0.0401. The van der Waals surface area contributed by atoms with E-state index in [4.69, 9.17) is 4.74 Å². The fourth-order valence-corrected chi connectivity index (χ4v) is 1.64. The summed E-state index contributed by atoms with van der Waals surface area (Å²) in [6, 6.07) is 5.77. The van der Waals surface area contributed by atoms with E-state index in [1.807, 2.05) is 32.0 Å². The first kappa shape index (κ1) is 12.6. The third kappa shape index (κ3) is 3.26. The maximum atomic E-state index is 10.8. The van der Waals surface area contributed by atoms with Crippen LogP contribution in [0.5, 0.6) is 5.75 Å². The van der Waals surface area contributed by atoms with Crippen molar-refractivity contribution in [1.82, 2.24) is 0 Å². The van der Waals surface area contributed by atoms with Crippen LogP contribution in [-0.2, 0) is 11.2 Å². The molecule has 88 valence electrons. The molecule has 0 radical (unpaired) electrons. The van der Waals surface area contributed by atoms with E-state index in [0.717, 1.165) is 30.9 Å². The molecule has 16 heavy (non-hydrogen) atoms. The van der Waals surface area contributed by atoms with Crippen LogP contribution >= 0.6 is 0 Å². The number of carbonyl (C=O) groups is 1. The van der Waals surface area contributed by atoms with Gasteiger partial charge < -0.3 is 10.1 Å². The number of carbonyl (C=O) groups excluding carboxylic acids is 1. The first-order valence-corrected chi connectivity index (χ1v) is 5.79. The quantitative estimate of drug-likeness (QED) is 0.791. The Morgan fingerprint density at radius 2 is 2.12 bits per heavy atom. The largest absolute Gasteiger partial charge is 0.493 e. The van der Waals surface area contributed by atoms with Crippen LogP contribution in [0.4, 0.5) is 5.69 Å². The maximum absolute atomic E-state index is 10.8. The van der Waals surface area contributed by atoms with Gasteiger partial charge in [0.1, 0.15) is 5.75 Å². The second kappa shape index (κ2) is 6.16. The van der Waals surface area contributed by atoms with Gasteiger partial charge in [0.15, 0.2) is 0 Å². The summed E-state index contributed by atoms with van der Waals surface area (Å²) in [6.07, 6.45) is 2.08. The lowest BCUT2D eigenvalue weighted by molar-refractivity contribution is -0.114. The number of hydrogen-bond acceptors (Lipinski definition) is 2. The van der Waals surface area contributed by atoms with Crippen molar-refractivity contribution in [2.75, 3.05) is 11.9 Å². The van der Waals surface area contributed by atoms with Gasteiger partial charge in [-0.1, -0.05) is 13.8 Å². The molecule has 0 fully saturated rings. The Labute approximate surface area is 96.8 Å². The first-order valence-electron chi connectivity index (χ1n) is 5.79. The van der Waals surface area contributed by atoms with Crippen molar-refractivity contribution in [1.29, 1.82) is 0 Å². The van der Waals surface area contributed by atoms with Crippen LogP contribution in [0, 0.1) is 0 Å². The molecule has 0 atom stereocenters. The number of amides is 1. The predicted octanol–water partition coefficient (Wildman–Crippen LogP) is 3.00. The molecule has 1 aromatic carbocycles. The van der Waals surface area contributed by atoms with Gasteiger partial charge in [0, 0.05) is 12.6 Å². The summed E-state index contributed by atoms with van der Waals surface area (Å²) in [7, 11) is 0. The summed E-state index contributed by atoms with van der Waals surface area (Å²) in [4.78, 5) is 10.8. The van der Waals surface area contributed by atoms with Crippen LogP contribution < -0.4 is 10.1 Å². The first-order chi connectivity index (χ1) is 7.75. The molecule has 0 spiro atoms. The van der Waals surface area contributed by atoms with Gasteiger partial charge in [-0.05, 0) is 36.6 Å². The lowest BCUT2D eigenvalue weighted by Gasteiger charge is -2.17. The highest BCUT2D eigenvalue weighted by molar-refractivity contribution is 5.88. The van der Waals surface area contributed by atoms with Crippen molar-refractivity contribution in [3.8, 4) is 5.75 Å². The monoisotopic (exact) mass is 221 g/mol. The van der Waals surface area contributed by atoms with Gasteiger partial charge in [-0.3, -0.25) is 4.79 Å². The SMILES string of the molecule is CC.CC(=O)Nc1ccc2c(c1)CCCO2. The van der Waals surface area contributed by atoms with Crippen molar-refractivity contribution in [2.24, 2.45) is 0 Å². The molecule has 3 heteroatoms. The standard InChI is InChI=1S/C11H13NO2.C2H6/c1-8(13)12-10-4-5-11-9(7-10)3-2-6-14-11;1-2/h4-5,7H,2-3,6H2,1H3,(H,12,13);1-2H3. The number of rotatable bonds is 1. The van der Waals surface area contributed by atoms with E-state index >= 15 is 0 Å². The number of nitrogens with one attached hydrogen (secondary N) is 1. The normalized spacial score (nSPS) is 12.7. The molecular weight excluding hydrogens is 202 g/mol. The molecule has 0 unspecified atom stereocenters. The molecule has 0 saturated heterocycles. The summed E-state index contributed by atoms with van der Waals surface area (Å²) >= 11 is 0. The van der Waals surface area contributed by atoms with Crippen molar-refractivity contribution in [3.05, 3.63) is 23.8 Å². The van der Waals surface area contributed by atoms with Crippen LogP contribution in [0.2, 0.25) is 0 Å². The lowest BCUT2D eigenvalue weighted by atomic mass is 10.1. The van der Waals surface area contributed by atoms with E-state index < -0.39 is 0 Å². The molecule has 0 bridgehead atoms.